The van der Waals surface area contributed by atoms with Gasteiger partial charge in [0.15, 0.2) is 5.82 Å². The molecule has 1 aliphatic carbocycles. The molecule has 6 nitrogen and oxygen atoms in total. The van der Waals surface area contributed by atoms with Crippen LogP contribution < -0.4 is 10.9 Å². The molecule has 0 unspecified atom stereocenters. The highest BCUT2D eigenvalue weighted by Gasteiger charge is 2.25. The number of hydrogen-bond donors (Lipinski definition) is 2. The van der Waals surface area contributed by atoms with Crippen LogP contribution in [0.2, 0.25) is 0 Å². The van der Waals surface area contributed by atoms with Gasteiger partial charge in [0, 0.05) is 28.6 Å². The second kappa shape index (κ2) is 5.33. The third kappa shape index (κ3) is 2.82. The average Bonchev–Trinajstić information content (AvgIpc) is 3.27. The normalized spacial score (nSPS) is 14.0. The maximum Gasteiger partial charge on any atom is 0.336 e. The van der Waals surface area contributed by atoms with E-state index in [-0.39, 0.29) is 23.0 Å². The predicted octanol–water partition coefficient (Wildman–Crippen LogP) is 2.78. The molecule has 0 saturated heterocycles. The minimum Gasteiger partial charge on any atom is -0.478 e. The Morgan fingerprint density at radius 2 is 2.19 bits per heavy atom. The van der Waals surface area contributed by atoms with Gasteiger partial charge in [-0.05, 0) is 47.0 Å². The minimum atomic E-state index is -1.04. The van der Waals surface area contributed by atoms with Crippen molar-refractivity contribution in [1.29, 1.82) is 0 Å². The summed E-state index contributed by atoms with van der Waals surface area (Å²) in [6.07, 6.45) is 5.25. The van der Waals surface area contributed by atoms with E-state index in [1.807, 2.05) is 0 Å². The molecule has 3 rings (SSSR count). The first kappa shape index (κ1) is 13.8. The highest BCUT2D eigenvalue weighted by Crippen LogP contribution is 2.33. The lowest BCUT2D eigenvalue weighted by atomic mass is 10.2. The van der Waals surface area contributed by atoms with Crippen molar-refractivity contribution in [2.75, 3.05) is 5.32 Å². The lowest BCUT2D eigenvalue weighted by molar-refractivity contribution is 0.0696. The summed E-state index contributed by atoms with van der Waals surface area (Å²) in [4.78, 5) is 27.4. The van der Waals surface area contributed by atoms with Crippen molar-refractivity contribution in [1.82, 2.24) is 9.55 Å². The van der Waals surface area contributed by atoms with Gasteiger partial charge in [-0.1, -0.05) is 0 Å². The van der Waals surface area contributed by atoms with Crippen molar-refractivity contribution in [3.8, 4) is 0 Å². The molecule has 0 atom stereocenters. The van der Waals surface area contributed by atoms with Gasteiger partial charge in [0.2, 0.25) is 0 Å². The van der Waals surface area contributed by atoms with Crippen LogP contribution in [0.3, 0.4) is 0 Å². The van der Waals surface area contributed by atoms with Crippen LogP contribution in [-0.4, -0.2) is 20.6 Å². The molecule has 0 aliphatic heterocycles. The molecular formula is C14H12BrN3O3. The van der Waals surface area contributed by atoms with Crippen molar-refractivity contribution in [3.05, 3.63) is 51.0 Å². The highest BCUT2D eigenvalue weighted by atomic mass is 79.9. The van der Waals surface area contributed by atoms with E-state index in [9.17, 15) is 9.59 Å². The largest absolute Gasteiger partial charge is 0.478 e. The third-order valence-corrected chi connectivity index (χ3v) is 3.96. The van der Waals surface area contributed by atoms with Crippen LogP contribution in [0.15, 0.2) is 39.9 Å². The van der Waals surface area contributed by atoms with E-state index in [1.165, 1.54) is 6.07 Å². The Balaban J connectivity index is 1.94. The van der Waals surface area contributed by atoms with Crippen LogP contribution in [0.25, 0.3) is 0 Å². The van der Waals surface area contributed by atoms with E-state index < -0.39 is 5.97 Å². The van der Waals surface area contributed by atoms with Crippen LogP contribution in [0.1, 0.15) is 29.2 Å². The summed E-state index contributed by atoms with van der Waals surface area (Å²) < 4.78 is 2.14. The summed E-state index contributed by atoms with van der Waals surface area (Å²) in [5.74, 6) is -0.843. The number of halogens is 1. The molecular weight excluding hydrogens is 338 g/mol. The summed E-state index contributed by atoms with van der Waals surface area (Å²) in [5, 5.41) is 12.0. The quantitative estimate of drug-likeness (QED) is 0.886. The zero-order valence-electron chi connectivity index (χ0n) is 10.9. The molecule has 1 heterocycles. The summed E-state index contributed by atoms with van der Waals surface area (Å²) in [6, 6.07) is 5.03. The number of aromatic carboxylic acids is 1. The zero-order valence-corrected chi connectivity index (χ0v) is 12.5. The Labute approximate surface area is 128 Å². The Kier molecular flexibility index (Phi) is 3.50. The fourth-order valence-electron chi connectivity index (χ4n) is 2.05. The second-order valence-electron chi connectivity index (χ2n) is 4.84. The van der Waals surface area contributed by atoms with E-state index in [0.717, 1.165) is 12.8 Å². The van der Waals surface area contributed by atoms with Gasteiger partial charge >= 0.3 is 5.97 Å². The van der Waals surface area contributed by atoms with Gasteiger partial charge in [0.05, 0.1) is 5.56 Å². The number of benzene rings is 1. The predicted molar refractivity (Wildman–Crippen MR) is 81.2 cm³/mol. The molecule has 21 heavy (non-hydrogen) atoms. The van der Waals surface area contributed by atoms with Gasteiger partial charge in [-0.25, -0.2) is 9.78 Å². The molecule has 2 N–H and O–H groups in total. The topological polar surface area (TPSA) is 84.2 Å². The number of carbonyl (C=O) groups is 1. The first-order valence-corrected chi connectivity index (χ1v) is 7.22. The summed E-state index contributed by atoms with van der Waals surface area (Å²) >= 11 is 3.18. The maximum atomic E-state index is 12.3. The van der Waals surface area contributed by atoms with Gasteiger partial charge in [-0.2, -0.15) is 0 Å². The third-order valence-electron chi connectivity index (χ3n) is 3.27. The number of nitrogens with zero attached hydrogens (tertiary/aromatic N) is 2. The highest BCUT2D eigenvalue weighted by molar-refractivity contribution is 9.10. The van der Waals surface area contributed by atoms with Crippen LogP contribution in [0, 0.1) is 0 Å². The van der Waals surface area contributed by atoms with E-state index in [4.69, 9.17) is 5.11 Å². The molecule has 2 aromatic rings. The molecule has 108 valence electrons. The van der Waals surface area contributed by atoms with E-state index in [2.05, 4.69) is 26.2 Å². The number of carboxylic acids is 1. The molecule has 0 amide bonds. The second-order valence-corrected chi connectivity index (χ2v) is 5.70. The van der Waals surface area contributed by atoms with Crippen molar-refractivity contribution in [2.24, 2.45) is 0 Å². The van der Waals surface area contributed by atoms with Crippen LogP contribution >= 0.6 is 15.9 Å². The number of aromatic nitrogens is 2. The fraction of sp³-hybridized carbons (Fsp3) is 0.214. The van der Waals surface area contributed by atoms with Crippen molar-refractivity contribution in [3.63, 3.8) is 0 Å². The molecule has 0 spiro atoms. The van der Waals surface area contributed by atoms with Gasteiger partial charge in [-0.3, -0.25) is 4.79 Å². The first-order valence-electron chi connectivity index (χ1n) is 6.43. The van der Waals surface area contributed by atoms with Crippen LogP contribution in [0.4, 0.5) is 11.5 Å². The van der Waals surface area contributed by atoms with Crippen LogP contribution in [-0.2, 0) is 0 Å². The number of nitrogens with one attached hydrogen (secondary N) is 1. The fourth-order valence-corrected chi connectivity index (χ4v) is 2.47. The lowest BCUT2D eigenvalue weighted by Crippen LogP contribution is -2.22. The van der Waals surface area contributed by atoms with Gasteiger partial charge in [0.25, 0.3) is 5.56 Å². The molecule has 1 aromatic heterocycles. The number of anilines is 2. The monoisotopic (exact) mass is 349 g/mol. The Morgan fingerprint density at radius 1 is 1.43 bits per heavy atom. The smallest absolute Gasteiger partial charge is 0.336 e. The molecule has 7 heteroatoms. The van der Waals surface area contributed by atoms with E-state index in [0.29, 0.717) is 10.2 Å². The Bertz CT molecular complexity index is 768. The molecule has 0 radical (unpaired) electrons. The van der Waals surface area contributed by atoms with Gasteiger partial charge < -0.3 is 15.0 Å². The van der Waals surface area contributed by atoms with E-state index >= 15 is 0 Å². The number of rotatable bonds is 4. The summed E-state index contributed by atoms with van der Waals surface area (Å²) in [7, 11) is 0. The number of carboxylic acid groups (broad SMARTS) is 1. The van der Waals surface area contributed by atoms with Crippen molar-refractivity contribution < 1.29 is 9.90 Å². The van der Waals surface area contributed by atoms with Crippen molar-refractivity contribution in [2.45, 2.75) is 18.9 Å². The summed E-state index contributed by atoms with van der Waals surface area (Å²) in [6.45, 7) is 0. The Hall–Kier alpha value is -2.15. The Morgan fingerprint density at radius 3 is 2.86 bits per heavy atom. The van der Waals surface area contributed by atoms with Gasteiger partial charge in [0.1, 0.15) is 0 Å². The van der Waals surface area contributed by atoms with Crippen LogP contribution in [0.5, 0.6) is 0 Å². The summed E-state index contributed by atoms with van der Waals surface area (Å²) in [5.41, 5.74) is 0.437. The van der Waals surface area contributed by atoms with Crippen molar-refractivity contribution >= 4 is 33.4 Å². The minimum absolute atomic E-state index is 0.124. The molecule has 1 aromatic carbocycles. The lowest BCUT2D eigenvalue weighted by Gasteiger charge is -2.09. The average molecular weight is 350 g/mol. The molecule has 0 bridgehead atoms. The number of hydrogen-bond acceptors (Lipinski definition) is 4. The van der Waals surface area contributed by atoms with Gasteiger partial charge in [-0.15, -0.1) is 0 Å². The molecule has 1 aliphatic rings. The first-order chi connectivity index (χ1) is 10.1. The standard InChI is InChI=1S/C14H12BrN3O3/c15-11-4-1-8(7-10(11)14(20)21)17-12-13(19)18(6-5-16-12)9-2-3-9/h1,4-7,9H,2-3H2,(H,16,17)(H,20,21). The SMILES string of the molecule is O=C(O)c1cc(Nc2nccn(C3CC3)c2=O)ccc1Br. The maximum absolute atomic E-state index is 12.3. The zero-order chi connectivity index (χ0) is 15.0. The molecule has 1 saturated carbocycles. The molecule has 1 fully saturated rings. The van der Waals surface area contributed by atoms with E-state index in [1.54, 1.807) is 29.1 Å².